The SMILES string of the molecule is O=S(=O)(NC1CCN(CC2CCCC2)CC1)c1ccccc1Br. The number of nitrogens with one attached hydrogen (secondary N) is 1. The molecule has 3 rings (SSSR count). The number of benzene rings is 1. The van der Waals surface area contributed by atoms with Gasteiger partial charge in [0.25, 0.3) is 0 Å². The summed E-state index contributed by atoms with van der Waals surface area (Å²) in [5, 5.41) is 0. The molecule has 1 aliphatic carbocycles. The summed E-state index contributed by atoms with van der Waals surface area (Å²) in [7, 11) is -3.45. The Kier molecular flexibility index (Phi) is 5.78. The Bertz CT molecular complexity index is 621. The highest BCUT2D eigenvalue weighted by Crippen LogP contribution is 2.27. The Balaban J connectivity index is 1.53. The number of rotatable bonds is 5. The lowest BCUT2D eigenvalue weighted by Gasteiger charge is -2.33. The van der Waals surface area contributed by atoms with Crippen LogP contribution in [0.1, 0.15) is 38.5 Å². The van der Waals surface area contributed by atoms with Crippen LogP contribution < -0.4 is 4.72 Å². The molecule has 1 aromatic carbocycles. The van der Waals surface area contributed by atoms with E-state index in [1.54, 1.807) is 18.2 Å². The van der Waals surface area contributed by atoms with Gasteiger partial charge < -0.3 is 4.90 Å². The fraction of sp³-hybridized carbons (Fsp3) is 0.647. The van der Waals surface area contributed by atoms with Crippen molar-refractivity contribution in [2.75, 3.05) is 19.6 Å². The third-order valence-electron chi connectivity index (χ3n) is 5.03. The van der Waals surface area contributed by atoms with Gasteiger partial charge in [-0.15, -0.1) is 0 Å². The molecule has 0 bridgehead atoms. The molecule has 0 aromatic heterocycles. The molecule has 4 nitrogen and oxygen atoms in total. The van der Waals surface area contributed by atoms with Crippen LogP contribution in [-0.4, -0.2) is 39.0 Å². The van der Waals surface area contributed by atoms with Crippen molar-refractivity contribution in [2.45, 2.75) is 49.5 Å². The van der Waals surface area contributed by atoms with E-state index in [0.29, 0.717) is 9.37 Å². The number of hydrogen-bond donors (Lipinski definition) is 1. The van der Waals surface area contributed by atoms with E-state index in [-0.39, 0.29) is 6.04 Å². The Morgan fingerprint density at radius 2 is 1.74 bits per heavy atom. The van der Waals surface area contributed by atoms with Gasteiger partial charge in [-0.3, -0.25) is 0 Å². The average Bonchev–Trinajstić information content (AvgIpc) is 3.02. The van der Waals surface area contributed by atoms with Crippen molar-refractivity contribution < 1.29 is 8.42 Å². The van der Waals surface area contributed by atoms with Crippen LogP contribution in [0.3, 0.4) is 0 Å². The molecule has 1 saturated heterocycles. The molecule has 23 heavy (non-hydrogen) atoms. The zero-order valence-electron chi connectivity index (χ0n) is 13.4. The molecule has 1 N–H and O–H groups in total. The van der Waals surface area contributed by atoms with Crippen molar-refractivity contribution >= 4 is 26.0 Å². The van der Waals surface area contributed by atoms with E-state index >= 15 is 0 Å². The first-order valence-electron chi connectivity index (χ1n) is 8.54. The van der Waals surface area contributed by atoms with E-state index < -0.39 is 10.0 Å². The van der Waals surface area contributed by atoms with Crippen LogP contribution in [0.4, 0.5) is 0 Å². The largest absolute Gasteiger partial charge is 0.303 e. The van der Waals surface area contributed by atoms with Gasteiger partial charge in [0.1, 0.15) is 0 Å². The molecular weight excluding hydrogens is 376 g/mol. The number of hydrogen-bond acceptors (Lipinski definition) is 3. The predicted molar refractivity (Wildman–Crippen MR) is 95.9 cm³/mol. The summed E-state index contributed by atoms with van der Waals surface area (Å²) in [6, 6.07) is 7.03. The minimum atomic E-state index is -3.45. The summed E-state index contributed by atoms with van der Waals surface area (Å²) in [5.41, 5.74) is 0. The molecule has 1 saturated carbocycles. The van der Waals surface area contributed by atoms with Gasteiger partial charge in [0, 0.05) is 17.1 Å². The minimum Gasteiger partial charge on any atom is -0.303 e. The lowest BCUT2D eigenvalue weighted by Crippen LogP contribution is -2.45. The van der Waals surface area contributed by atoms with Crippen molar-refractivity contribution in [1.29, 1.82) is 0 Å². The van der Waals surface area contributed by atoms with E-state index in [1.807, 2.05) is 6.07 Å². The van der Waals surface area contributed by atoms with Gasteiger partial charge >= 0.3 is 0 Å². The second kappa shape index (κ2) is 7.64. The molecule has 2 aliphatic rings. The molecular formula is C17H25BrN2O2S. The molecule has 1 aliphatic heterocycles. The lowest BCUT2D eigenvalue weighted by atomic mass is 10.0. The molecule has 0 radical (unpaired) electrons. The number of sulfonamides is 1. The standard InChI is InChI=1S/C17H25BrN2O2S/c18-16-7-3-4-8-17(16)23(21,22)19-15-9-11-20(12-10-15)13-14-5-1-2-6-14/h3-4,7-8,14-15,19H,1-2,5-6,9-13H2. The van der Waals surface area contributed by atoms with E-state index in [9.17, 15) is 8.42 Å². The Hall–Kier alpha value is -0.430. The summed E-state index contributed by atoms with van der Waals surface area (Å²) in [6.07, 6.45) is 7.30. The maximum atomic E-state index is 12.5. The minimum absolute atomic E-state index is 0.0481. The van der Waals surface area contributed by atoms with Crippen molar-refractivity contribution in [3.63, 3.8) is 0 Å². The second-order valence-electron chi connectivity index (χ2n) is 6.78. The molecule has 1 heterocycles. The quantitative estimate of drug-likeness (QED) is 0.823. The Morgan fingerprint density at radius 1 is 1.09 bits per heavy atom. The van der Waals surface area contributed by atoms with Crippen LogP contribution in [0.2, 0.25) is 0 Å². The zero-order valence-corrected chi connectivity index (χ0v) is 15.8. The van der Waals surface area contributed by atoms with Gasteiger partial charge in [0.15, 0.2) is 0 Å². The number of likely N-dealkylation sites (tertiary alicyclic amines) is 1. The Labute approximate surface area is 147 Å². The first-order chi connectivity index (χ1) is 11.0. The molecule has 2 fully saturated rings. The van der Waals surface area contributed by atoms with Crippen molar-refractivity contribution in [2.24, 2.45) is 5.92 Å². The third-order valence-corrected chi connectivity index (χ3v) is 7.56. The maximum absolute atomic E-state index is 12.5. The monoisotopic (exact) mass is 400 g/mol. The fourth-order valence-electron chi connectivity index (χ4n) is 3.74. The number of piperidine rings is 1. The molecule has 1 aromatic rings. The normalized spacial score (nSPS) is 21.8. The van der Waals surface area contributed by atoms with Crippen molar-refractivity contribution in [1.82, 2.24) is 9.62 Å². The van der Waals surface area contributed by atoms with Gasteiger partial charge in [0.05, 0.1) is 4.90 Å². The van der Waals surface area contributed by atoms with E-state index in [0.717, 1.165) is 31.8 Å². The van der Waals surface area contributed by atoms with E-state index in [4.69, 9.17) is 0 Å². The summed E-state index contributed by atoms with van der Waals surface area (Å²) >= 11 is 3.33. The van der Waals surface area contributed by atoms with Crippen LogP contribution in [0.15, 0.2) is 33.6 Å². The van der Waals surface area contributed by atoms with Crippen molar-refractivity contribution in [3.05, 3.63) is 28.7 Å². The molecule has 0 amide bonds. The lowest BCUT2D eigenvalue weighted by molar-refractivity contribution is 0.180. The topological polar surface area (TPSA) is 49.4 Å². The maximum Gasteiger partial charge on any atom is 0.241 e. The van der Waals surface area contributed by atoms with E-state index in [2.05, 4.69) is 25.6 Å². The molecule has 128 valence electrons. The van der Waals surface area contributed by atoms with Gasteiger partial charge in [-0.1, -0.05) is 25.0 Å². The fourth-order valence-corrected chi connectivity index (χ4v) is 6.05. The highest BCUT2D eigenvalue weighted by Gasteiger charge is 2.27. The van der Waals surface area contributed by atoms with E-state index in [1.165, 1.54) is 32.2 Å². The molecule has 0 spiro atoms. The van der Waals surface area contributed by atoms with Crippen LogP contribution in [0.25, 0.3) is 0 Å². The Morgan fingerprint density at radius 3 is 2.39 bits per heavy atom. The zero-order chi connectivity index (χ0) is 16.3. The predicted octanol–water partition coefficient (Wildman–Crippen LogP) is 3.38. The average molecular weight is 401 g/mol. The molecule has 0 unspecified atom stereocenters. The van der Waals surface area contributed by atoms with Crippen molar-refractivity contribution in [3.8, 4) is 0 Å². The number of halogens is 1. The van der Waals surface area contributed by atoms with Gasteiger partial charge in [-0.25, -0.2) is 13.1 Å². The summed E-state index contributed by atoms with van der Waals surface area (Å²) < 4.78 is 28.6. The van der Waals surface area contributed by atoms with Gasteiger partial charge in [-0.05, 0) is 72.8 Å². The highest BCUT2D eigenvalue weighted by atomic mass is 79.9. The van der Waals surface area contributed by atoms with Crippen LogP contribution in [0.5, 0.6) is 0 Å². The molecule has 6 heteroatoms. The molecule has 0 atom stereocenters. The summed E-state index contributed by atoms with van der Waals surface area (Å²) in [4.78, 5) is 2.84. The summed E-state index contributed by atoms with van der Waals surface area (Å²) in [6.45, 7) is 3.20. The summed E-state index contributed by atoms with van der Waals surface area (Å²) in [5.74, 6) is 0.864. The second-order valence-corrected chi connectivity index (χ2v) is 9.31. The number of nitrogens with zero attached hydrogens (tertiary/aromatic N) is 1. The van der Waals surface area contributed by atoms with Gasteiger partial charge in [-0.2, -0.15) is 0 Å². The third kappa shape index (κ3) is 4.56. The van der Waals surface area contributed by atoms with Gasteiger partial charge in [0.2, 0.25) is 10.0 Å². The first kappa shape index (κ1) is 17.4. The highest BCUT2D eigenvalue weighted by molar-refractivity contribution is 9.10. The first-order valence-corrected chi connectivity index (χ1v) is 10.8. The van der Waals surface area contributed by atoms with Crippen LogP contribution >= 0.6 is 15.9 Å². The van der Waals surface area contributed by atoms with Crippen LogP contribution in [-0.2, 0) is 10.0 Å². The van der Waals surface area contributed by atoms with Crippen LogP contribution in [0, 0.1) is 5.92 Å². The smallest absolute Gasteiger partial charge is 0.241 e.